The van der Waals surface area contributed by atoms with Crippen molar-refractivity contribution >= 4 is 28.4 Å². The highest BCUT2D eigenvalue weighted by atomic mass is 16.2. The summed E-state index contributed by atoms with van der Waals surface area (Å²) in [6, 6.07) is 8.81. The Labute approximate surface area is 135 Å². The molecule has 0 radical (unpaired) electrons. The van der Waals surface area contributed by atoms with Gasteiger partial charge in [0.25, 0.3) is 0 Å². The van der Waals surface area contributed by atoms with Crippen LogP contribution in [0.5, 0.6) is 0 Å². The first kappa shape index (κ1) is 16.9. The predicted molar refractivity (Wildman–Crippen MR) is 90.9 cm³/mol. The van der Waals surface area contributed by atoms with Crippen molar-refractivity contribution < 1.29 is 9.59 Å². The molecule has 0 aliphatic heterocycles. The molecule has 23 heavy (non-hydrogen) atoms. The number of hydrogen-bond acceptors (Lipinski definition) is 4. The Hall–Kier alpha value is -2.47. The molecule has 0 unspecified atom stereocenters. The fourth-order valence-electron chi connectivity index (χ4n) is 2.43. The van der Waals surface area contributed by atoms with Crippen molar-refractivity contribution in [1.29, 1.82) is 0 Å². The van der Waals surface area contributed by atoms with E-state index >= 15 is 0 Å². The minimum atomic E-state index is -0.571. The number of anilines is 1. The summed E-state index contributed by atoms with van der Waals surface area (Å²) >= 11 is 0. The third-order valence-electron chi connectivity index (χ3n) is 3.53. The number of benzene rings is 1. The monoisotopic (exact) mass is 314 g/mol. The third kappa shape index (κ3) is 4.75. The highest BCUT2D eigenvalue weighted by Gasteiger charge is 2.19. The molecular formula is C17H22N4O2. The van der Waals surface area contributed by atoms with Gasteiger partial charge in [-0.15, -0.1) is 0 Å². The second-order valence-corrected chi connectivity index (χ2v) is 5.41. The van der Waals surface area contributed by atoms with Gasteiger partial charge in [-0.25, -0.2) is 0 Å². The lowest BCUT2D eigenvalue weighted by molar-refractivity contribution is -0.125. The molecule has 6 nitrogen and oxygen atoms in total. The molecule has 6 heteroatoms. The number of hydrogen-bond donors (Lipinski definition) is 3. The number of nitrogens with two attached hydrogens (primary N) is 1. The molecule has 0 aliphatic carbocycles. The summed E-state index contributed by atoms with van der Waals surface area (Å²) < 4.78 is 0. The molecule has 2 amide bonds. The number of nitrogens with one attached hydrogen (secondary N) is 2. The Bertz CT molecular complexity index is 682. The van der Waals surface area contributed by atoms with Crippen LogP contribution in [0.15, 0.2) is 36.5 Å². The molecule has 1 aromatic heterocycles. The number of fused-ring (bicyclic) bond motifs is 1. The van der Waals surface area contributed by atoms with Crippen LogP contribution < -0.4 is 16.4 Å². The van der Waals surface area contributed by atoms with E-state index in [2.05, 4.69) is 15.6 Å². The van der Waals surface area contributed by atoms with E-state index in [0.717, 1.165) is 23.7 Å². The van der Waals surface area contributed by atoms with Crippen molar-refractivity contribution in [1.82, 2.24) is 10.3 Å². The molecule has 4 N–H and O–H groups in total. The van der Waals surface area contributed by atoms with Gasteiger partial charge in [-0.2, -0.15) is 0 Å². The van der Waals surface area contributed by atoms with Crippen LogP contribution in [0.4, 0.5) is 5.69 Å². The van der Waals surface area contributed by atoms with Crippen LogP contribution in [-0.2, 0) is 9.59 Å². The Balaban J connectivity index is 2.14. The van der Waals surface area contributed by atoms with E-state index in [1.807, 2.05) is 24.3 Å². The van der Waals surface area contributed by atoms with E-state index < -0.39 is 6.04 Å². The standard InChI is InChI=1S/C17H22N4O2/c1-12(22)20-15(8-2-3-10-18)17(23)21-14-9-4-6-13-7-5-11-19-16(13)14/h4-7,9,11,15H,2-3,8,10,18H2,1H3,(H,20,22)(H,21,23)/t15-/m0/s1. The fourth-order valence-corrected chi connectivity index (χ4v) is 2.43. The average molecular weight is 314 g/mol. The summed E-state index contributed by atoms with van der Waals surface area (Å²) in [5.41, 5.74) is 6.85. The maximum absolute atomic E-state index is 12.5. The predicted octanol–water partition coefficient (Wildman–Crippen LogP) is 1.81. The van der Waals surface area contributed by atoms with Crippen LogP contribution in [0.2, 0.25) is 0 Å². The molecule has 0 fully saturated rings. The molecule has 0 bridgehead atoms. The molecule has 1 heterocycles. The lowest BCUT2D eigenvalue weighted by Crippen LogP contribution is -2.42. The molecule has 0 aliphatic rings. The molecule has 0 spiro atoms. The normalized spacial score (nSPS) is 11.9. The van der Waals surface area contributed by atoms with E-state index in [4.69, 9.17) is 5.73 Å². The van der Waals surface area contributed by atoms with Crippen LogP contribution in [0.1, 0.15) is 26.2 Å². The van der Waals surface area contributed by atoms with Gasteiger partial charge in [-0.3, -0.25) is 14.6 Å². The maximum Gasteiger partial charge on any atom is 0.247 e. The Morgan fingerprint density at radius 2 is 2.00 bits per heavy atom. The van der Waals surface area contributed by atoms with E-state index in [1.165, 1.54) is 6.92 Å². The highest BCUT2D eigenvalue weighted by molar-refractivity contribution is 6.03. The van der Waals surface area contributed by atoms with Gasteiger partial charge in [-0.1, -0.05) is 18.2 Å². The van der Waals surface area contributed by atoms with Crippen LogP contribution in [0.25, 0.3) is 10.9 Å². The first-order valence-electron chi connectivity index (χ1n) is 7.73. The zero-order valence-electron chi connectivity index (χ0n) is 13.2. The number of unbranched alkanes of at least 4 members (excludes halogenated alkanes) is 1. The van der Waals surface area contributed by atoms with Gasteiger partial charge < -0.3 is 16.4 Å². The summed E-state index contributed by atoms with van der Waals surface area (Å²) in [6.45, 7) is 1.98. The number of aromatic nitrogens is 1. The maximum atomic E-state index is 12.5. The zero-order chi connectivity index (χ0) is 16.7. The molecule has 1 aromatic carbocycles. The van der Waals surface area contributed by atoms with Crippen molar-refractivity contribution in [3.8, 4) is 0 Å². The molecular weight excluding hydrogens is 292 g/mol. The van der Waals surface area contributed by atoms with Gasteiger partial charge in [-0.05, 0) is 37.9 Å². The van der Waals surface area contributed by atoms with Crippen molar-refractivity contribution in [3.63, 3.8) is 0 Å². The smallest absolute Gasteiger partial charge is 0.247 e. The van der Waals surface area contributed by atoms with Crippen molar-refractivity contribution in [2.24, 2.45) is 5.73 Å². The van der Waals surface area contributed by atoms with E-state index in [9.17, 15) is 9.59 Å². The highest BCUT2D eigenvalue weighted by Crippen LogP contribution is 2.21. The van der Waals surface area contributed by atoms with Crippen molar-refractivity contribution in [3.05, 3.63) is 36.5 Å². The van der Waals surface area contributed by atoms with Crippen molar-refractivity contribution in [2.75, 3.05) is 11.9 Å². The number of para-hydroxylation sites is 1. The van der Waals surface area contributed by atoms with Gasteiger partial charge in [0.15, 0.2) is 0 Å². The van der Waals surface area contributed by atoms with Crippen LogP contribution in [0, 0.1) is 0 Å². The van der Waals surface area contributed by atoms with Gasteiger partial charge >= 0.3 is 0 Å². The van der Waals surface area contributed by atoms with Gasteiger partial charge in [0.1, 0.15) is 6.04 Å². The van der Waals surface area contributed by atoms with Gasteiger partial charge in [0.2, 0.25) is 11.8 Å². The topological polar surface area (TPSA) is 97.1 Å². The number of rotatable bonds is 7. The first-order chi connectivity index (χ1) is 11.1. The number of carbonyl (C=O) groups excluding carboxylic acids is 2. The lowest BCUT2D eigenvalue weighted by atomic mass is 10.1. The molecule has 0 saturated carbocycles. The lowest BCUT2D eigenvalue weighted by Gasteiger charge is -2.18. The SMILES string of the molecule is CC(=O)N[C@@H](CCCCN)C(=O)Nc1cccc2cccnc12. The number of carbonyl (C=O) groups is 2. The molecule has 1 atom stereocenters. The molecule has 2 aromatic rings. The fraction of sp³-hybridized carbons (Fsp3) is 0.353. The van der Waals surface area contributed by atoms with E-state index in [0.29, 0.717) is 18.7 Å². The zero-order valence-corrected chi connectivity index (χ0v) is 13.2. The summed E-state index contributed by atoms with van der Waals surface area (Å²) in [6.07, 6.45) is 3.84. The largest absolute Gasteiger partial charge is 0.345 e. The summed E-state index contributed by atoms with van der Waals surface area (Å²) in [7, 11) is 0. The Morgan fingerprint density at radius 3 is 2.74 bits per heavy atom. The molecule has 0 saturated heterocycles. The minimum absolute atomic E-state index is 0.228. The Morgan fingerprint density at radius 1 is 1.22 bits per heavy atom. The van der Waals surface area contributed by atoms with Gasteiger partial charge in [0.05, 0.1) is 11.2 Å². The van der Waals surface area contributed by atoms with E-state index in [1.54, 1.807) is 12.3 Å². The van der Waals surface area contributed by atoms with Crippen LogP contribution >= 0.6 is 0 Å². The summed E-state index contributed by atoms with van der Waals surface area (Å²) in [5.74, 6) is -0.468. The summed E-state index contributed by atoms with van der Waals surface area (Å²) in [5, 5.41) is 6.51. The quantitative estimate of drug-likeness (QED) is 0.679. The van der Waals surface area contributed by atoms with Gasteiger partial charge in [0, 0.05) is 18.5 Å². The van der Waals surface area contributed by atoms with Crippen molar-refractivity contribution in [2.45, 2.75) is 32.2 Å². The third-order valence-corrected chi connectivity index (χ3v) is 3.53. The second-order valence-electron chi connectivity index (χ2n) is 5.41. The van der Waals surface area contributed by atoms with Crippen LogP contribution in [-0.4, -0.2) is 29.4 Å². The number of pyridine rings is 1. The molecule has 2 rings (SSSR count). The summed E-state index contributed by atoms with van der Waals surface area (Å²) in [4.78, 5) is 28.1. The van der Waals surface area contributed by atoms with Crippen LogP contribution in [0.3, 0.4) is 0 Å². The minimum Gasteiger partial charge on any atom is -0.345 e. The number of nitrogens with zero attached hydrogens (tertiary/aromatic N) is 1. The average Bonchev–Trinajstić information content (AvgIpc) is 2.54. The first-order valence-corrected chi connectivity index (χ1v) is 7.73. The second kappa shape index (κ2) is 8.24. The number of amides is 2. The Kier molecular flexibility index (Phi) is 6.05. The molecule has 122 valence electrons. The van der Waals surface area contributed by atoms with E-state index in [-0.39, 0.29) is 11.8 Å².